The van der Waals surface area contributed by atoms with Gasteiger partial charge in [0, 0.05) is 0 Å². The summed E-state index contributed by atoms with van der Waals surface area (Å²) in [5.74, 6) is 6.03. The van der Waals surface area contributed by atoms with Crippen molar-refractivity contribution in [2.24, 2.45) is 5.84 Å². The van der Waals surface area contributed by atoms with Crippen LogP contribution in [-0.2, 0) is 0 Å². The van der Waals surface area contributed by atoms with Crippen LogP contribution in [0.1, 0.15) is 69.0 Å². The molecule has 0 aromatic carbocycles. The van der Waals surface area contributed by atoms with E-state index >= 15 is 0 Å². The first-order valence-electron chi connectivity index (χ1n) is 5.99. The third-order valence-corrected chi connectivity index (χ3v) is 3.55. The number of hydrazine groups is 1. The van der Waals surface area contributed by atoms with E-state index < -0.39 is 0 Å². The van der Waals surface area contributed by atoms with Gasteiger partial charge in [-0.25, -0.2) is 0 Å². The standard InChI is InChI=1S/C11H22N4S/c1-4-5-6-7-9(13-12)11-10(8(2)3)14-15-16-11/h8-9,13H,4-7,12H2,1-3H3. The van der Waals surface area contributed by atoms with Crippen molar-refractivity contribution in [1.29, 1.82) is 0 Å². The number of nitrogens with one attached hydrogen (secondary N) is 1. The molecule has 1 aromatic rings. The molecule has 5 heteroatoms. The van der Waals surface area contributed by atoms with Gasteiger partial charge in [0.1, 0.15) is 0 Å². The van der Waals surface area contributed by atoms with E-state index in [1.165, 1.54) is 35.7 Å². The lowest BCUT2D eigenvalue weighted by atomic mass is 10.0. The maximum atomic E-state index is 5.62. The monoisotopic (exact) mass is 242 g/mol. The van der Waals surface area contributed by atoms with Crippen LogP contribution in [0, 0.1) is 0 Å². The largest absolute Gasteiger partial charge is 0.271 e. The molecule has 0 aliphatic rings. The smallest absolute Gasteiger partial charge is 0.0829 e. The van der Waals surface area contributed by atoms with E-state index in [9.17, 15) is 0 Å². The van der Waals surface area contributed by atoms with Crippen molar-refractivity contribution in [3.05, 3.63) is 10.6 Å². The zero-order valence-electron chi connectivity index (χ0n) is 10.4. The van der Waals surface area contributed by atoms with Crippen LogP contribution in [-0.4, -0.2) is 9.59 Å². The molecule has 16 heavy (non-hydrogen) atoms. The van der Waals surface area contributed by atoms with Gasteiger partial charge >= 0.3 is 0 Å². The lowest BCUT2D eigenvalue weighted by Gasteiger charge is -2.15. The van der Waals surface area contributed by atoms with Crippen LogP contribution in [0.4, 0.5) is 0 Å². The SMILES string of the molecule is CCCCCC(NN)c1snnc1C(C)C. The van der Waals surface area contributed by atoms with Crippen LogP contribution in [0.2, 0.25) is 0 Å². The second-order valence-corrected chi connectivity index (χ2v) is 5.18. The molecule has 0 bridgehead atoms. The van der Waals surface area contributed by atoms with Crippen LogP contribution >= 0.6 is 11.5 Å². The molecule has 0 fully saturated rings. The average molecular weight is 242 g/mol. The molecule has 92 valence electrons. The van der Waals surface area contributed by atoms with E-state index in [0.717, 1.165) is 12.1 Å². The summed E-state index contributed by atoms with van der Waals surface area (Å²) in [6.07, 6.45) is 4.74. The number of rotatable bonds is 7. The number of hydrogen-bond donors (Lipinski definition) is 2. The van der Waals surface area contributed by atoms with Crippen molar-refractivity contribution in [2.45, 2.75) is 58.4 Å². The Morgan fingerprint density at radius 2 is 2.12 bits per heavy atom. The number of unbranched alkanes of at least 4 members (excludes halogenated alkanes) is 2. The number of nitrogens with two attached hydrogens (primary N) is 1. The van der Waals surface area contributed by atoms with E-state index in [1.54, 1.807) is 0 Å². The highest BCUT2D eigenvalue weighted by Crippen LogP contribution is 2.28. The molecule has 0 amide bonds. The van der Waals surface area contributed by atoms with E-state index in [1.807, 2.05) is 0 Å². The van der Waals surface area contributed by atoms with Crippen molar-refractivity contribution in [1.82, 2.24) is 15.0 Å². The molecule has 1 heterocycles. The van der Waals surface area contributed by atoms with Gasteiger partial charge in [-0.3, -0.25) is 11.3 Å². The minimum atomic E-state index is 0.212. The van der Waals surface area contributed by atoms with E-state index in [0.29, 0.717) is 5.92 Å². The third kappa shape index (κ3) is 3.50. The molecule has 1 atom stereocenters. The minimum Gasteiger partial charge on any atom is -0.271 e. The molecule has 0 aliphatic heterocycles. The number of aromatic nitrogens is 2. The number of nitrogens with zero attached hydrogens (tertiary/aromatic N) is 2. The Balaban J connectivity index is 2.66. The maximum Gasteiger partial charge on any atom is 0.0829 e. The highest BCUT2D eigenvalue weighted by Gasteiger charge is 2.19. The highest BCUT2D eigenvalue weighted by atomic mass is 32.1. The Morgan fingerprint density at radius 1 is 1.38 bits per heavy atom. The molecule has 0 aliphatic carbocycles. The van der Waals surface area contributed by atoms with Gasteiger partial charge < -0.3 is 0 Å². The average Bonchev–Trinajstić information content (AvgIpc) is 2.73. The Morgan fingerprint density at radius 3 is 2.69 bits per heavy atom. The van der Waals surface area contributed by atoms with E-state index in [4.69, 9.17) is 5.84 Å². The van der Waals surface area contributed by atoms with Crippen molar-refractivity contribution in [3.8, 4) is 0 Å². The van der Waals surface area contributed by atoms with E-state index in [-0.39, 0.29) is 6.04 Å². The summed E-state index contributed by atoms with van der Waals surface area (Å²) in [5.41, 5.74) is 3.98. The molecule has 4 nitrogen and oxygen atoms in total. The van der Waals surface area contributed by atoms with Gasteiger partial charge in [0.15, 0.2) is 0 Å². The van der Waals surface area contributed by atoms with Crippen molar-refractivity contribution in [2.75, 3.05) is 0 Å². The van der Waals surface area contributed by atoms with Gasteiger partial charge in [-0.1, -0.05) is 44.5 Å². The highest BCUT2D eigenvalue weighted by molar-refractivity contribution is 7.05. The Bertz CT molecular complexity index is 298. The van der Waals surface area contributed by atoms with Gasteiger partial charge in [0.05, 0.1) is 16.6 Å². The second-order valence-electron chi connectivity index (χ2n) is 4.39. The van der Waals surface area contributed by atoms with Gasteiger partial charge in [-0.2, -0.15) is 0 Å². The molecule has 1 unspecified atom stereocenters. The quantitative estimate of drug-likeness (QED) is 0.438. The first kappa shape index (κ1) is 13.5. The Kier molecular flexibility index (Phi) is 5.87. The molecule has 0 spiro atoms. The van der Waals surface area contributed by atoms with E-state index in [2.05, 4.69) is 35.8 Å². The molecular weight excluding hydrogens is 220 g/mol. The Labute approximate surface area is 102 Å². The first-order chi connectivity index (χ1) is 7.70. The maximum absolute atomic E-state index is 5.62. The predicted molar refractivity (Wildman–Crippen MR) is 68.2 cm³/mol. The second kappa shape index (κ2) is 6.93. The Hall–Kier alpha value is -0.520. The van der Waals surface area contributed by atoms with Crippen LogP contribution in [0.25, 0.3) is 0 Å². The molecule has 0 saturated heterocycles. The normalized spacial score (nSPS) is 13.3. The van der Waals surface area contributed by atoms with Crippen LogP contribution in [0.3, 0.4) is 0 Å². The van der Waals surface area contributed by atoms with Crippen LogP contribution in [0.15, 0.2) is 0 Å². The molecule has 0 radical (unpaired) electrons. The summed E-state index contributed by atoms with van der Waals surface area (Å²) in [7, 11) is 0. The van der Waals surface area contributed by atoms with Gasteiger partial charge in [0.2, 0.25) is 0 Å². The fraction of sp³-hybridized carbons (Fsp3) is 0.818. The summed E-state index contributed by atoms with van der Waals surface area (Å²) in [6.45, 7) is 6.48. The lowest BCUT2D eigenvalue weighted by molar-refractivity contribution is 0.487. The molecule has 1 rings (SSSR count). The number of hydrogen-bond acceptors (Lipinski definition) is 5. The summed E-state index contributed by atoms with van der Waals surface area (Å²) in [5, 5.41) is 4.19. The molecule has 1 aromatic heterocycles. The van der Waals surface area contributed by atoms with Gasteiger partial charge in [-0.15, -0.1) is 5.10 Å². The zero-order chi connectivity index (χ0) is 12.0. The summed E-state index contributed by atoms with van der Waals surface area (Å²) in [6, 6.07) is 0.212. The molecular formula is C11H22N4S. The lowest BCUT2D eigenvalue weighted by Crippen LogP contribution is -2.28. The third-order valence-electron chi connectivity index (χ3n) is 2.70. The fourth-order valence-corrected chi connectivity index (χ4v) is 2.64. The van der Waals surface area contributed by atoms with Gasteiger partial charge in [-0.05, 0) is 23.9 Å². The predicted octanol–water partition coefficient (Wildman–Crippen LogP) is 2.75. The first-order valence-corrected chi connectivity index (χ1v) is 6.76. The van der Waals surface area contributed by atoms with Crippen molar-refractivity contribution in [3.63, 3.8) is 0 Å². The van der Waals surface area contributed by atoms with Crippen LogP contribution < -0.4 is 11.3 Å². The van der Waals surface area contributed by atoms with Gasteiger partial charge in [0.25, 0.3) is 0 Å². The molecule has 0 saturated carbocycles. The van der Waals surface area contributed by atoms with Crippen molar-refractivity contribution < 1.29 is 0 Å². The summed E-state index contributed by atoms with van der Waals surface area (Å²) >= 11 is 1.46. The van der Waals surface area contributed by atoms with Crippen molar-refractivity contribution >= 4 is 11.5 Å². The zero-order valence-corrected chi connectivity index (χ0v) is 11.2. The van der Waals surface area contributed by atoms with Crippen LogP contribution in [0.5, 0.6) is 0 Å². The summed E-state index contributed by atoms with van der Waals surface area (Å²) < 4.78 is 4.04. The fourth-order valence-electron chi connectivity index (χ4n) is 1.74. The minimum absolute atomic E-state index is 0.212. The topological polar surface area (TPSA) is 63.8 Å². The summed E-state index contributed by atoms with van der Waals surface area (Å²) in [4.78, 5) is 1.20. The molecule has 3 N–H and O–H groups in total.